The van der Waals surface area contributed by atoms with Crippen LogP contribution in [0.3, 0.4) is 0 Å². The van der Waals surface area contributed by atoms with E-state index in [1.807, 2.05) is 0 Å². The van der Waals surface area contributed by atoms with Crippen LogP contribution in [0.1, 0.15) is 25.8 Å². The van der Waals surface area contributed by atoms with E-state index in [1.54, 1.807) is 11.3 Å². The molecule has 88 valence electrons. The standard InChI is InChI=1S/C13H19NOS/c1-8-6-16-7-10(8)14-11-9-4-5-15-12(9)13(11,2)3/h6-7,9,11-12,14H,4-5H2,1-3H3. The lowest BCUT2D eigenvalue weighted by Gasteiger charge is -2.55. The number of hydrogen-bond acceptors (Lipinski definition) is 3. The van der Waals surface area contributed by atoms with Gasteiger partial charge in [-0.1, -0.05) is 13.8 Å². The van der Waals surface area contributed by atoms with Gasteiger partial charge in [-0.25, -0.2) is 0 Å². The van der Waals surface area contributed by atoms with Crippen molar-refractivity contribution in [1.82, 2.24) is 0 Å². The highest BCUT2D eigenvalue weighted by Gasteiger charge is 2.59. The van der Waals surface area contributed by atoms with Crippen LogP contribution in [0.4, 0.5) is 5.69 Å². The van der Waals surface area contributed by atoms with Crippen LogP contribution in [0, 0.1) is 18.3 Å². The molecule has 0 spiro atoms. The minimum Gasteiger partial charge on any atom is -0.380 e. The molecule has 1 aromatic rings. The van der Waals surface area contributed by atoms with Crippen molar-refractivity contribution in [1.29, 1.82) is 0 Å². The second-order valence-electron chi connectivity index (χ2n) is 5.66. The average Bonchev–Trinajstić information content (AvgIpc) is 2.82. The maximum absolute atomic E-state index is 5.81. The van der Waals surface area contributed by atoms with E-state index in [2.05, 4.69) is 36.8 Å². The van der Waals surface area contributed by atoms with Gasteiger partial charge in [-0.15, -0.1) is 11.3 Å². The van der Waals surface area contributed by atoms with E-state index in [1.165, 1.54) is 17.7 Å². The second kappa shape index (κ2) is 3.47. The monoisotopic (exact) mass is 237 g/mol. The molecule has 3 heteroatoms. The lowest BCUT2D eigenvalue weighted by atomic mass is 9.57. The van der Waals surface area contributed by atoms with Crippen molar-refractivity contribution in [2.45, 2.75) is 39.3 Å². The molecule has 0 aromatic carbocycles. The predicted octanol–water partition coefficient (Wildman–Crippen LogP) is 3.28. The smallest absolute Gasteiger partial charge is 0.0694 e. The fourth-order valence-electron chi connectivity index (χ4n) is 3.29. The zero-order chi connectivity index (χ0) is 11.3. The largest absolute Gasteiger partial charge is 0.380 e. The van der Waals surface area contributed by atoms with Crippen molar-refractivity contribution in [3.63, 3.8) is 0 Å². The Morgan fingerprint density at radius 3 is 2.94 bits per heavy atom. The molecule has 1 N–H and O–H groups in total. The van der Waals surface area contributed by atoms with Crippen molar-refractivity contribution in [3.8, 4) is 0 Å². The van der Waals surface area contributed by atoms with Gasteiger partial charge in [0.05, 0.1) is 6.10 Å². The van der Waals surface area contributed by atoms with Gasteiger partial charge in [-0.3, -0.25) is 0 Å². The molecule has 1 aromatic heterocycles. The number of aryl methyl sites for hydroxylation is 1. The van der Waals surface area contributed by atoms with Crippen molar-refractivity contribution in [3.05, 3.63) is 16.3 Å². The number of rotatable bonds is 2. The Bertz CT molecular complexity index is 398. The van der Waals surface area contributed by atoms with Crippen LogP contribution < -0.4 is 5.32 Å². The van der Waals surface area contributed by atoms with E-state index in [0.29, 0.717) is 18.1 Å². The van der Waals surface area contributed by atoms with Gasteiger partial charge in [0, 0.05) is 35.0 Å². The highest BCUT2D eigenvalue weighted by Crippen LogP contribution is 2.53. The Hall–Kier alpha value is -0.540. The lowest BCUT2D eigenvalue weighted by molar-refractivity contribution is -0.0923. The lowest BCUT2D eigenvalue weighted by Crippen LogP contribution is -2.63. The van der Waals surface area contributed by atoms with Gasteiger partial charge in [-0.2, -0.15) is 0 Å². The molecule has 2 fully saturated rings. The second-order valence-corrected chi connectivity index (χ2v) is 6.40. The van der Waals surface area contributed by atoms with Gasteiger partial charge in [0.2, 0.25) is 0 Å². The number of hydrogen-bond donors (Lipinski definition) is 1. The van der Waals surface area contributed by atoms with Crippen molar-refractivity contribution < 1.29 is 4.74 Å². The van der Waals surface area contributed by atoms with Gasteiger partial charge in [0.25, 0.3) is 0 Å². The number of ether oxygens (including phenoxy) is 1. The van der Waals surface area contributed by atoms with Crippen LogP contribution in [0.2, 0.25) is 0 Å². The average molecular weight is 237 g/mol. The first-order chi connectivity index (χ1) is 7.60. The summed E-state index contributed by atoms with van der Waals surface area (Å²) in [4.78, 5) is 0. The van der Waals surface area contributed by atoms with Gasteiger partial charge in [0.1, 0.15) is 0 Å². The van der Waals surface area contributed by atoms with Crippen LogP contribution in [-0.4, -0.2) is 18.8 Å². The van der Waals surface area contributed by atoms with Crippen molar-refractivity contribution in [2.24, 2.45) is 11.3 Å². The predicted molar refractivity (Wildman–Crippen MR) is 68.1 cm³/mol. The summed E-state index contributed by atoms with van der Waals surface area (Å²) >= 11 is 1.77. The molecule has 0 bridgehead atoms. The molecule has 16 heavy (non-hydrogen) atoms. The van der Waals surface area contributed by atoms with Gasteiger partial charge in [0.15, 0.2) is 0 Å². The highest BCUT2D eigenvalue weighted by atomic mass is 32.1. The van der Waals surface area contributed by atoms with Crippen LogP contribution in [0.25, 0.3) is 0 Å². The zero-order valence-electron chi connectivity index (χ0n) is 10.1. The van der Waals surface area contributed by atoms with Crippen molar-refractivity contribution >= 4 is 17.0 Å². The summed E-state index contributed by atoms with van der Waals surface area (Å²) in [7, 11) is 0. The molecule has 3 unspecified atom stereocenters. The van der Waals surface area contributed by atoms with Crippen LogP contribution >= 0.6 is 11.3 Å². The summed E-state index contributed by atoms with van der Waals surface area (Å²) in [5.41, 5.74) is 2.95. The number of nitrogens with one attached hydrogen (secondary N) is 1. The van der Waals surface area contributed by atoms with Crippen LogP contribution in [-0.2, 0) is 4.74 Å². The minimum atomic E-state index is 0.273. The fourth-order valence-corrected chi connectivity index (χ4v) is 4.08. The Kier molecular flexibility index (Phi) is 2.30. The number of anilines is 1. The summed E-state index contributed by atoms with van der Waals surface area (Å²) in [6, 6.07) is 0.577. The molecule has 0 amide bonds. The highest BCUT2D eigenvalue weighted by molar-refractivity contribution is 7.08. The maximum Gasteiger partial charge on any atom is 0.0694 e. The van der Waals surface area contributed by atoms with E-state index >= 15 is 0 Å². The first kappa shape index (κ1) is 10.6. The Balaban J connectivity index is 1.78. The maximum atomic E-state index is 5.81. The molecule has 3 rings (SSSR count). The Morgan fingerprint density at radius 2 is 2.25 bits per heavy atom. The first-order valence-corrected chi connectivity index (χ1v) is 6.96. The Morgan fingerprint density at radius 1 is 1.44 bits per heavy atom. The zero-order valence-corrected chi connectivity index (χ0v) is 10.9. The summed E-state index contributed by atoms with van der Waals surface area (Å²) < 4.78 is 5.81. The molecule has 2 nitrogen and oxygen atoms in total. The number of thiophene rings is 1. The van der Waals surface area contributed by atoms with E-state index in [0.717, 1.165) is 6.61 Å². The van der Waals surface area contributed by atoms with Crippen molar-refractivity contribution in [2.75, 3.05) is 11.9 Å². The normalized spacial score (nSPS) is 35.6. The van der Waals surface area contributed by atoms with Gasteiger partial charge in [-0.05, 0) is 24.3 Å². The number of fused-ring (bicyclic) bond motifs is 1. The van der Waals surface area contributed by atoms with Crippen LogP contribution in [0.5, 0.6) is 0 Å². The third kappa shape index (κ3) is 1.34. The Labute approximate surface area is 101 Å². The minimum absolute atomic E-state index is 0.273. The molecule has 2 heterocycles. The first-order valence-electron chi connectivity index (χ1n) is 6.01. The molecule has 1 saturated heterocycles. The molecular formula is C13H19NOS. The summed E-state index contributed by atoms with van der Waals surface area (Å²) in [5, 5.41) is 8.14. The fraction of sp³-hybridized carbons (Fsp3) is 0.692. The molecule has 1 aliphatic carbocycles. The molecule has 1 aliphatic heterocycles. The molecular weight excluding hydrogens is 218 g/mol. The van der Waals surface area contributed by atoms with E-state index in [9.17, 15) is 0 Å². The third-order valence-electron chi connectivity index (χ3n) is 4.27. The van der Waals surface area contributed by atoms with E-state index in [4.69, 9.17) is 4.74 Å². The molecule has 0 radical (unpaired) electrons. The van der Waals surface area contributed by atoms with E-state index < -0.39 is 0 Å². The van der Waals surface area contributed by atoms with Crippen LogP contribution in [0.15, 0.2) is 10.8 Å². The molecule has 2 aliphatic rings. The SMILES string of the molecule is Cc1cscc1NC1C2CCOC2C1(C)C. The summed E-state index contributed by atoms with van der Waals surface area (Å²) in [6.07, 6.45) is 1.69. The third-order valence-corrected chi connectivity index (χ3v) is 5.13. The van der Waals surface area contributed by atoms with Gasteiger partial charge < -0.3 is 10.1 Å². The topological polar surface area (TPSA) is 21.3 Å². The summed E-state index contributed by atoms with van der Waals surface area (Å²) in [6.45, 7) is 7.75. The van der Waals surface area contributed by atoms with Gasteiger partial charge >= 0.3 is 0 Å². The molecule has 3 atom stereocenters. The summed E-state index contributed by atoms with van der Waals surface area (Å²) in [5.74, 6) is 0.717. The van der Waals surface area contributed by atoms with E-state index in [-0.39, 0.29) is 5.41 Å². The molecule has 1 saturated carbocycles. The quantitative estimate of drug-likeness (QED) is 0.852.